The molecule has 0 aromatic heterocycles. The van der Waals surface area contributed by atoms with Crippen LogP contribution in [0.2, 0.25) is 0 Å². The zero-order valence-electron chi connectivity index (χ0n) is 9.77. The van der Waals surface area contributed by atoms with Crippen LogP contribution in [0.25, 0.3) is 0 Å². The first kappa shape index (κ1) is 12.9. The second-order valence-electron chi connectivity index (χ2n) is 3.61. The monoisotopic (exact) mass is 186 g/mol. The molecule has 0 aliphatic carbocycles. The summed E-state index contributed by atoms with van der Waals surface area (Å²) in [5.41, 5.74) is 0. The molecule has 0 aromatic carbocycles. The fraction of sp³-hybridized carbons (Fsp3) is 1.00. The molecule has 13 heavy (non-hydrogen) atoms. The van der Waals surface area contributed by atoms with Gasteiger partial charge in [0.2, 0.25) is 0 Å². The molecule has 0 radical (unpaired) electrons. The third kappa shape index (κ3) is 6.05. The summed E-state index contributed by atoms with van der Waals surface area (Å²) in [5.74, 6) is 0. The molecule has 1 atom stereocenters. The third-order valence-electron chi connectivity index (χ3n) is 2.60. The van der Waals surface area contributed by atoms with Gasteiger partial charge in [-0.2, -0.15) is 0 Å². The van der Waals surface area contributed by atoms with Crippen LogP contribution in [-0.2, 0) is 0 Å². The number of nitrogens with one attached hydrogen (secondary N) is 1. The van der Waals surface area contributed by atoms with Crippen molar-refractivity contribution in [2.45, 2.75) is 46.6 Å². The molecule has 0 saturated carbocycles. The molecule has 0 rings (SSSR count). The standard InChI is InChI=1S/C11H26N2/c1-5-9-12-10-8-11(4)13(6-2)7-3/h11-12H,5-10H2,1-4H3. The van der Waals surface area contributed by atoms with Gasteiger partial charge < -0.3 is 10.2 Å². The molecule has 0 fully saturated rings. The molecule has 2 nitrogen and oxygen atoms in total. The highest BCUT2D eigenvalue weighted by Gasteiger charge is 2.08. The van der Waals surface area contributed by atoms with E-state index in [0.717, 1.165) is 19.1 Å². The average molecular weight is 186 g/mol. The van der Waals surface area contributed by atoms with Gasteiger partial charge in [0.1, 0.15) is 0 Å². The Morgan fingerprint density at radius 3 is 2.15 bits per heavy atom. The van der Waals surface area contributed by atoms with E-state index in [-0.39, 0.29) is 0 Å². The molecule has 0 aromatic rings. The largest absolute Gasteiger partial charge is 0.317 e. The van der Waals surface area contributed by atoms with Crippen LogP contribution in [0, 0.1) is 0 Å². The topological polar surface area (TPSA) is 15.3 Å². The summed E-state index contributed by atoms with van der Waals surface area (Å²) in [6.45, 7) is 13.7. The van der Waals surface area contributed by atoms with Crippen LogP contribution >= 0.6 is 0 Å². The van der Waals surface area contributed by atoms with Gasteiger partial charge in [-0.3, -0.25) is 0 Å². The Kier molecular flexibility index (Phi) is 8.46. The zero-order valence-corrected chi connectivity index (χ0v) is 9.77. The molecular weight excluding hydrogens is 160 g/mol. The molecule has 0 saturated heterocycles. The van der Waals surface area contributed by atoms with Crippen LogP contribution in [-0.4, -0.2) is 37.1 Å². The Labute approximate surface area is 83.7 Å². The van der Waals surface area contributed by atoms with Crippen LogP contribution in [0.4, 0.5) is 0 Å². The molecule has 80 valence electrons. The molecule has 0 bridgehead atoms. The summed E-state index contributed by atoms with van der Waals surface area (Å²) in [7, 11) is 0. The minimum atomic E-state index is 0.722. The molecule has 0 amide bonds. The lowest BCUT2D eigenvalue weighted by Crippen LogP contribution is -2.35. The van der Waals surface area contributed by atoms with Crippen LogP contribution in [0.3, 0.4) is 0 Å². The van der Waals surface area contributed by atoms with Gasteiger partial charge in [-0.15, -0.1) is 0 Å². The highest BCUT2D eigenvalue weighted by molar-refractivity contribution is 4.65. The van der Waals surface area contributed by atoms with Gasteiger partial charge >= 0.3 is 0 Å². The third-order valence-corrected chi connectivity index (χ3v) is 2.60. The Balaban J connectivity index is 3.42. The quantitative estimate of drug-likeness (QED) is 0.584. The molecule has 0 spiro atoms. The zero-order chi connectivity index (χ0) is 10.1. The van der Waals surface area contributed by atoms with Crippen LogP contribution in [0.5, 0.6) is 0 Å². The maximum atomic E-state index is 3.44. The van der Waals surface area contributed by atoms with Crippen LogP contribution < -0.4 is 5.32 Å². The number of nitrogens with zero attached hydrogens (tertiary/aromatic N) is 1. The lowest BCUT2D eigenvalue weighted by molar-refractivity contribution is 0.220. The Morgan fingerprint density at radius 2 is 1.69 bits per heavy atom. The van der Waals surface area contributed by atoms with Crippen molar-refractivity contribution in [2.75, 3.05) is 26.2 Å². The van der Waals surface area contributed by atoms with E-state index < -0.39 is 0 Å². The van der Waals surface area contributed by atoms with E-state index in [2.05, 4.69) is 37.9 Å². The van der Waals surface area contributed by atoms with Crippen molar-refractivity contribution in [3.63, 3.8) is 0 Å². The maximum Gasteiger partial charge on any atom is 0.00787 e. The molecule has 0 heterocycles. The van der Waals surface area contributed by atoms with E-state index >= 15 is 0 Å². The van der Waals surface area contributed by atoms with Crippen molar-refractivity contribution in [1.29, 1.82) is 0 Å². The number of rotatable bonds is 8. The molecule has 2 heteroatoms. The van der Waals surface area contributed by atoms with Crippen molar-refractivity contribution < 1.29 is 0 Å². The summed E-state index contributed by atoms with van der Waals surface area (Å²) >= 11 is 0. The van der Waals surface area contributed by atoms with Crippen LogP contribution in [0.1, 0.15) is 40.5 Å². The highest BCUT2D eigenvalue weighted by Crippen LogP contribution is 2.01. The van der Waals surface area contributed by atoms with Crippen molar-refractivity contribution >= 4 is 0 Å². The SMILES string of the molecule is CCCNCCC(C)N(CC)CC. The average Bonchev–Trinajstić information content (AvgIpc) is 2.14. The van der Waals surface area contributed by atoms with Gasteiger partial charge in [0, 0.05) is 6.04 Å². The highest BCUT2D eigenvalue weighted by atomic mass is 15.1. The van der Waals surface area contributed by atoms with Crippen molar-refractivity contribution in [1.82, 2.24) is 10.2 Å². The predicted octanol–water partition coefficient (Wildman–Crippen LogP) is 2.11. The molecule has 0 aliphatic rings. The Morgan fingerprint density at radius 1 is 1.08 bits per heavy atom. The second kappa shape index (κ2) is 8.52. The summed E-state index contributed by atoms with van der Waals surface area (Å²) in [4.78, 5) is 2.51. The predicted molar refractivity (Wildman–Crippen MR) is 60.2 cm³/mol. The van der Waals surface area contributed by atoms with Gasteiger partial charge in [0.25, 0.3) is 0 Å². The molecule has 1 N–H and O–H groups in total. The number of hydrogen-bond acceptors (Lipinski definition) is 2. The Hall–Kier alpha value is -0.0800. The van der Waals surface area contributed by atoms with E-state index in [1.165, 1.54) is 25.9 Å². The second-order valence-corrected chi connectivity index (χ2v) is 3.61. The van der Waals surface area contributed by atoms with Crippen molar-refractivity contribution in [3.05, 3.63) is 0 Å². The maximum absolute atomic E-state index is 3.44. The summed E-state index contributed by atoms with van der Waals surface area (Å²) in [5, 5.41) is 3.44. The fourth-order valence-corrected chi connectivity index (χ4v) is 1.64. The number of hydrogen-bond donors (Lipinski definition) is 1. The Bertz CT molecular complexity index is 100. The minimum absolute atomic E-state index is 0.722. The van der Waals surface area contributed by atoms with E-state index in [4.69, 9.17) is 0 Å². The van der Waals surface area contributed by atoms with Crippen molar-refractivity contribution in [2.24, 2.45) is 0 Å². The van der Waals surface area contributed by atoms with E-state index in [1.807, 2.05) is 0 Å². The van der Waals surface area contributed by atoms with Gasteiger partial charge in [-0.25, -0.2) is 0 Å². The van der Waals surface area contributed by atoms with Crippen LogP contribution in [0.15, 0.2) is 0 Å². The van der Waals surface area contributed by atoms with Gasteiger partial charge in [0.05, 0.1) is 0 Å². The van der Waals surface area contributed by atoms with E-state index in [9.17, 15) is 0 Å². The molecular formula is C11H26N2. The van der Waals surface area contributed by atoms with E-state index in [1.54, 1.807) is 0 Å². The fourth-order valence-electron chi connectivity index (χ4n) is 1.64. The summed E-state index contributed by atoms with van der Waals surface area (Å²) < 4.78 is 0. The minimum Gasteiger partial charge on any atom is -0.317 e. The van der Waals surface area contributed by atoms with Gasteiger partial charge in [-0.1, -0.05) is 20.8 Å². The van der Waals surface area contributed by atoms with Gasteiger partial charge in [-0.05, 0) is 45.9 Å². The smallest absolute Gasteiger partial charge is 0.00787 e. The van der Waals surface area contributed by atoms with Gasteiger partial charge in [0.15, 0.2) is 0 Å². The lowest BCUT2D eigenvalue weighted by atomic mass is 10.2. The molecule has 1 unspecified atom stereocenters. The first-order valence-electron chi connectivity index (χ1n) is 5.70. The van der Waals surface area contributed by atoms with Crippen molar-refractivity contribution in [3.8, 4) is 0 Å². The first-order valence-corrected chi connectivity index (χ1v) is 5.70. The summed E-state index contributed by atoms with van der Waals surface area (Å²) in [6, 6.07) is 0.722. The summed E-state index contributed by atoms with van der Waals surface area (Å²) in [6.07, 6.45) is 2.50. The lowest BCUT2D eigenvalue weighted by Gasteiger charge is -2.26. The van der Waals surface area contributed by atoms with E-state index in [0.29, 0.717) is 0 Å². The molecule has 0 aliphatic heterocycles. The normalized spacial score (nSPS) is 13.6. The first-order chi connectivity index (χ1) is 6.26.